The Balaban J connectivity index is 2.34. The summed E-state index contributed by atoms with van der Waals surface area (Å²) in [5, 5.41) is 2.77. The highest BCUT2D eigenvalue weighted by molar-refractivity contribution is 5.22. The fraction of sp³-hybridized carbons (Fsp3) is 0.500. The second kappa shape index (κ2) is 6.61. The van der Waals surface area contributed by atoms with E-state index in [2.05, 4.69) is 5.32 Å². The molecule has 0 saturated carbocycles. The molecule has 2 nitrogen and oxygen atoms in total. The summed E-state index contributed by atoms with van der Waals surface area (Å²) in [5.41, 5.74) is 1.98. The first-order valence-corrected chi connectivity index (χ1v) is 5.35. The van der Waals surface area contributed by atoms with Crippen LogP contribution in [0.2, 0.25) is 0 Å². The van der Waals surface area contributed by atoms with E-state index in [4.69, 9.17) is 4.74 Å². The number of ether oxygens (including phenoxy) is 1. The number of methoxy groups -OCH3 is 1. The van der Waals surface area contributed by atoms with E-state index in [1.54, 1.807) is 7.11 Å². The maximum Gasteiger partial charge on any atom is 0.390 e. The molecule has 0 bridgehead atoms. The quantitative estimate of drug-likeness (QED) is 0.780. The highest BCUT2D eigenvalue weighted by atomic mass is 19.4. The lowest BCUT2D eigenvalue weighted by Crippen LogP contribution is -2.21. The molecule has 0 heterocycles. The number of hydrogen-bond acceptors (Lipinski definition) is 2. The molecule has 0 aromatic heterocycles. The smallest absolute Gasteiger partial charge is 0.380 e. The van der Waals surface area contributed by atoms with E-state index in [1.165, 1.54) is 0 Å². The molecule has 1 rings (SSSR count). The van der Waals surface area contributed by atoms with Crippen LogP contribution in [-0.4, -0.2) is 19.8 Å². The second-order valence-electron chi connectivity index (χ2n) is 3.79. The lowest BCUT2D eigenvalue weighted by molar-refractivity contribution is -0.133. The summed E-state index contributed by atoms with van der Waals surface area (Å²) in [5.74, 6) is 0. The van der Waals surface area contributed by atoms with E-state index < -0.39 is 12.6 Å². The molecule has 0 fully saturated rings. The molecule has 5 heteroatoms. The topological polar surface area (TPSA) is 21.3 Å². The molecule has 1 N–H and O–H groups in total. The Morgan fingerprint density at radius 3 is 2.59 bits per heavy atom. The van der Waals surface area contributed by atoms with Crippen molar-refractivity contribution < 1.29 is 17.9 Å². The monoisotopic (exact) mass is 247 g/mol. The Kier molecular flexibility index (Phi) is 5.44. The van der Waals surface area contributed by atoms with Gasteiger partial charge in [-0.15, -0.1) is 0 Å². The van der Waals surface area contributed by atoms with Gasteiger partial charge in [-0.25, -0.2) is 0 Å². The van der Waals surface area contributed by atoms with Gasteiger partial charge in [0.25, 0.3) is 0 Å². The summed E-state index contributed by atoms with van der Waals surface area (Å²) in [6.45, 7) is 0.891. The van der Waals surface area contributed by atoms with Gasteiger partial charge < -0.3 is 10.1 Å². The maximum absolute atomic E-state index is 11.9. The van der Waals surface area contributed by atoms with Crippen molar-refractivity contribution in [1.82, 2.24) is 5.32 Å². The molecule has 0 spiro atoms. The van der Waals surface area contributed by atoms with Crippen molar-refractivity contribution >= 4 is 0 Å². The molecule has 0 atom stereocenters. The van der Waals surface area contributed by atoms with Gasteiger partial charge in [-0.1, -0.05) is 24.3 Å². The Bertz CT molecular complexity index is 339. The minimum atomic E-state index is -4.09. The predicted molar refractivity (Wildman–Crippen MR) is 59.5 cm³/mol. The zero-order chi connectivity index (χ0) is 12.7. The normalized spacial score (nSPS) is 11.8. The number of rotatable bonds is 6. The van der Waals surface area contributed by atoms with Gasteiger partial charge in [-0.05, 0) is 11.1 Å². The van der Waals surface area contributed by atoms with Crippen LogP contribution in [0.4, 0.5) is 13.2 Å². The Morgan fingerprint density at radius 2 is 1.94 bits per heavy atom. The first kappa shape index (κ1) is 14.0. The van der Waals surface area contributed by atoms with E-state index in [9.17, 15) is 13.2 Å². The van der Waals surface area contributed by atoms with Gasteiger partial charge in [0.2, 0.25) is 0 Å². The van der Waals surface area contributed by atoms with Crippen molar-refractivity contribution in [1.29, 1.82) is 0 Å². The third kappa shape index (κ3) is 6.28. The zero-order valence-electron chi connectivity index (χ0n) is 9.68. The molecular formula is C12H16F3NO. The zero-order valence-corrected chi connectivity index (χ0v) is 9.68. The van der Waals surface area contributed by atoms with Crippen molar-refractivity contribution in [3.05, 3.63) is 35.4 Å². The van der Waals surface area contributed by atoms with Crippen LogP contribution in [-0.2, 0) is 17.9 Å². The van der Waals surface area contributed by atoms with Crippen LogP contribution in [0, 0.1) is 0 Å². The fourth-order valence-corrected chi connectivity index (χ4v) is 1.46. The lowest BCUT2D eigenvalue weighted by atomic mass is 10.1. The molecule has 17 heavy (non-hydrogen) atoms. The first-order valence-electron chi connectivity index (χ1n) is 5.35. The largest absolute Gasteiger partial charge is 0.390 e. The predicted octanol–water partition coefficient (Wildman–Crippen LogP) is 2.88. The molecule has 0 amide bonds. The van der Waals surface area contributed by atoms with Gasteiger partial charge in [0.1, 0.15) is 0 Å². The van der Waals surface area contributed by atoms with Gasteiger partial charge in [0.15, 0.2) is 0 Å². The number of halogens is 3. The van der Waals surface area contributed by atoms with Gasteiger partial charge in [-0.3, -0.25) is 0 Å². The third-order valence-corrected chi connectivity index (χ3v) is 2.22. The van der Waals surface area contributed by atoms with Crippen molar-refractivity contribution in [2.45, 2.75) is 25.7 Å². The van der Waals surface area contributed by atoms with Gasteiger partial charge in [-0.2, -0.15) is 13.2 Å². The van der Waals surface area contributed by atoms with Crippen LogP contribution in [0.1, 0.15) is 17.5 Å². The molecule has 1 aromatic rings. The van der Waals surface area contributed by atoms with Gasteiger partial charge >= 0.3 is 6.18 Å². The van der Waals surface area contributed by atoms with Crippen LogP contribution in [0.15, 0.2) is 24.3 Å². The summed E-state index contributed by atoms with van der Waals surface area (Å²) in [4.78, 5) is 0. The van der Waals surface area contributed by atoms with Crippen LogP contribution in [0.5, 0.6) is 0 Å². The molecule has 1 aromatic carbocycles. The van der Waals surface area contributed by atoms with Crippen molar-refractivity contribution in [2.24, 2.45) is 0 Å². The molecular weight excluding hydrogens is 231 g/mol. The van der Waals surface area contributed by atoms with Crippen molar-refractivity contribution in [2.75, 3.05) is 13.7 Å². The second-order valence-corrected chi connectivity index (χ2v) is 3.79. The molecule has 0 saturated heterocycles. The summed E-state index contributed by atoms with van der Waals surface area (Å²) < 4.78 is 40.7. The van der Waals surface area contributed by atoms with Crippen molar-refractivity contribution in [3.63, 3.8) is 0 Å². The third-order valence-electron chi connectivity index (χ3n) is 2.22. The summed E-state index contributed by atoms with van der Waals surface area (Å²) >= 11 is 0. The first-order chi connectivity index (χ1) is 8.01. The van der Waals surface area contributed by atoms with E-state index in [-0.39, 0.29) is 6.54 Å². The van der Waals surface area contributed by atoms with E-state index >= 15 is 0 Å². The van der Waals surface area contributed by atoms with Crippen LogP contribution >= 0.6 is 0 Å². The molecule has 0 aliphatic heterocycles. The number of benzene rings is 1. The van der Waals surface area contributed by atoms with E-state index in [1.807, 2.05) is 24.3 Å². The highest BCUT2D eigenvalue weighted by Gasteiger charge is 2.25. The summed E-state index contributed by atoms with van der Waals surface area (Å²) in [7, 11) is 1.61. The summed E-state index contributed by atoms with van der Waals surface area (Å²) in [6, 6.07) is 7.58. The molecule has 0 aliphatic carbocycles. The summed E-state index contributed by atoms with van der Waals surface area (Å²) in [6.07, 6.45) is -4.89. The molecule has 0 unspecified atom stereocenters. The van der Waals surface area contributed by atoms with E-state index in [0.717, 1.165) is 11.1 Å². The Hall–Kier alpha value is -1.07. The number of nitrogens with one attached hydrogen (secondary N) is 1. The van der Waals surface area contributed by atoms with Crippen molar-refractivity contribution in [3.8, 4) is 0 Å². The minimum Gasteiger partial charge on any atom is -0.380 e. The standard InChI is InChI=1S/C12H16F3NO/c1-17-9-11-4-2-3-10(7-11)8-16-6-5-12(13,14)15/h2-4,7,16H,5-6,8-9H2,1H3. The molecule has 0 aliphatic rings. The average Bonchev–Trinajstić information content (AvgIpc) is 2.24. The fourth-order valence-electron chi connectivity index (χ4n) is 1.46. The SMILES string of the molecule is COCc1cccc(CNCCC(F)(F)F)c1. The van der Waals surface area contributed by atoms with Gasteiger partial charge in [0.05, 0.1) is 13.0 Å². The highest BCUT2D eigenvalue weighted by Crippen LogP contribution is 2.18. The molecule has 0 radical (unpaired) electrons. The molecule has 96 valence electrons. The average molecular weight is 247 g/mol. The van der Waals surface area contributed by atoms with Crippen LogP contribution in [0.25, 0.3) is 0 Å². The minimum absolute atomic E-state index is 0.0575. The number of hydrogen-bond donors (Lipinski definition) is 1. The van der Waals surface area contributed by atoms with Crippen LogP contribution in [0.3, 0.4) is 0 Å². The Labute approximate surface area is 98.8 Å². The van der Waals surface area contributed by atoms with Crippen LogP contribution < -0.4 is 5.32 Å². The maximum atomic E-state index is 11.9. The Morgan fingerprint density at radius 1 is 1.24 bits per heavy atom. The van der Waals surface area contributed by atoms with Gasteiger partial charge in [0, 0.05) is 20.2 Å². The van der Waals surface area contributed by atoms with E-state index in [0.29, 0.717) is 13.2 Å². The number of alkyl halides is 3. The lowest BCUT2D eigenvalue weighted by Gasteiger charge is -2.08.